The van der Waals surface area contributed by atoms with E-state index in [-0.39, 0.29) is 11.5 Å². The summed E-state index contributed by atoms with van der Waals surface area (Å²) in [4.78, 5) is 27.2. The maximum Gasteiger partial charge on any atom is 0.271 e. The fraction of sp³-hybridized carbons (Fsp3) is 0.345. The molecule has 2 bridgehead atoms. The van der Waals surface area contributed by atoms with Gasteiger partial charge in [0.25, 0.3) is 11.5 Å². The molecular weight excluding hydrogens is 468 g/mol. The van der Waals surface area contributed by atoms with Crippen LogP contribution in [0.15, 0.2) is 70.6 Å². The third-order valence-corrected chi connectivity index (χ3v) is 7.07. The van der Waals surface area contributed by atoms with E-state index in [9.17, 15) is 9.59 Å². The first kappa shape index (κ1) is 24.8. The van der Waals surface area contributed by atoms with Crippen LogP contribution in [0.1, 0.15) is 46.4 Å². The number of carbonyl (C=O) groups is 1. The molecule has 3 heterocycles. The molecule has 1 N–H and O–H groups in total. The average Bonchev–Trinajstić information content (AvgIpc) is 2.91. The number of amides is 1. The van der Waals surface area contributed by atoms with E-state index in [1.807, 2.05) is 29.7 Å². The molecular formula is C29H32N4O4. The molecule has 1 aromatic heterocycles. The second-order valence-corrected chi connectivity index (χ2v) is 9.62. The summed E-state index contributed by atoms with van der Waals surface area (Å²) >= 11 is 0. The van der Waals surface area contributed by atoms with Crippen LogP contribution in [-0.4, -0.2) is 48.4 Å². The number of nitrogens with one attached hydrogen (secondary N) is 1. The van der Waals surface area contributed by atoms with Gasteiger partial charge in [0, 0.05) is 55.0 Å². The number of benzene rings is 2. The van der Waals surface area contributed by atoms with E-state index in [2.05, 4.69) is 27.6 Å². The Morgan fingerprint density at radius 3 is 2.73 bits per heavy atom. The Kier molecular flexibility index (Phi) is 7.37. The lowest BCUT2D eigenvalue weighted by Gasteiger charge is -2.43. The van der Waals surface area contributed by atoms with Gasteiger partial charge in [0.2, 0.25) is 0 Å². The Labute approximate surface area is 216 Å². The van der Waals surface area contributed by atoms with Gasteiger partial charge in [-0.1, -0.05) is 6.07 Å². The number of likely N-dealkylation sites (tertiary alicyclic amines) is 1. The first-order valence-electron chi connectivity index (χ1n) is 12.7. The van der Waals surface area contributed by atoms with Gasteiger partial charge in [-0.3, -0.25) is 14.5 Å². The molecule has 0 radical (unpaired) electrons. The molecule has 8 nitrogen and oxygen atoms in total. The van der Waals surface area contributed by atoms with Gasteiger partial charge in [-0.05, 0) is 73.4 Å². The minimum Gasteiger partial charge on any atom is -0.497 e. The summed E-state index contributed by atoms with van der Waals surface area (Å²) < 4.78 is 13.0. The second kappa shape index (κ2) is 11.0. The summed E-state index contributed by atoms with van der Waals surface area (Å²) in [5.74, 6) is 2.07. The summed E-state index contributed by atoms with van der Waals surface area (Å²) in [5, 5.41) is 4.16. The van der Waals surface area contributed by atoms with E-state index >= 15 is 0 Å². The van der Waals surface area contributed by atoms with Crippen molar-refractivity contribution in [3.8, 4) is 11.5 Å². The monoisotopic (exact) mass is 500 g/mol. The Balaban J connectivity index is 1.28. The summed E-state index contributed by atoms with van der Waals surface area (Å²) in [6, 6.07) is 18.5. The molecule has 2 aliphatic heterocycles. The topological polar surface area (TPSA) is 85.2 Å². The average molecular weight is 501 g/mol. The molecule has 2 aromatic carbocycles. The standard InChI is InChI=1S/C29H32N4O4/c1-3-37-27-12-7-20(15-30-31-29(35)22-8-10-25(36-2)11-9-22)13-24(27)19-32-16-21-14-23(18-32)26-5-4-6-28(34)33(26)17-21/h4-13,15,21,23H,3,14,16-19H2,1-2H3,(H,31,35). The molecule has 3 aromatic rings. The van der Waals surface area contributed by atoms with Gasteiger partial charge in [-0.15, -0.1) is 0 Å². The highest BCUT2D eigenvalue weighted by molar-refractivity contribution is 5.95. The van der Waals surface area contributed by atoms with Crippen molar-refractivity contribution in [2.75, 3.05) is 26.8 Å². The van der Waals surface area contributed by atoms with Crippen molar-refractivity contribution in [1.29, 1.82) is 0 Å². The van der Waals surface area contributed by atoms with E-state index in [4.69, 9.17) is 9.47 Å². The number of methoxy groups -OCH3 is 1. The number of pyridine rings is 1. The summed E-state index contributed by atoms with van der Waals surface area (Å²) in [6.45, 7) is 5.94. The normalized spacial score (nSPS) is 18.9. The fourth-order valence-corrected chi connectivity index (χ4v) is 5.44. The van der Waals surface area contributed by atoms with Crippen LogP contribution in [0.3, 0.4) is 0 Å². The lowest BCUT2D eigenvalue weighted by atomic mass is 9.83. The zero-order chi connectivity index (χ0) is 25.8. The zero-order valence-corrected chi connectivity index (χ0v) is 21.2. The number of rotatable bonds is 8. The van der Waals surface area contributed by atoms with Crippen LogP contribution in [0, 0.1) is 5.92 Å². The van der Waals surface area contributed by atoms with Crippen LogP contribution in [0.5, 0.6) is 11.5 Å². The van der Waals surface area contributed by atoms with Crippen molar-refractivity contribution in [1.82, 2.24) is 14.9 Å². The van der Waals surface area contributed by atoms with Gasteiger partial charge in [-0.2, -0.15) is 5.10 Å². The van der Waals surface area contributed by atoms with Crippen molar-refractivity contribution < 1.29 is 14.3 Å². The Morgan fingerprint density at radius 1 is 1.11 bits per heavy atom. The lowest BCUT2D eigenvalue weighted by molar-refractivity contribution is 0.0955. The van der Waals surface area contributed by atoms with Crippen molar-refractivity contribution in [2.45, 2.75) is 32.4 Å². The summed E-state index contributed by atoms with van der Waals surface area (Å²) in [7, 11) is 1.59. The number of piperidine rings is 1. The van der Waals surface area contributed by atoms with Gasteiger partial charge in [0.05, 0.1) is 19.9 Å². The zero-order valence-electron chi connectivity index (χ0n) is 21.2. The quantitative estimate of drug-likeness (QED) is 0.377. The number of carbonyl (C=O) groups excluding carboxylic acids is 1. The van der Waals surface area contributed by atoms with Gasteiger partial charge < -0.3 is 14.0 Å². The molecule has 1 saturated heterocycles. The lowest BCUT2D eigenvalue weighted by Crippen LogP contribution is -2.46. The molecule has 37 heavy (non-hydrogen) atoms. The van der Waals surface area contributed by atoms with Crippen LogP contribution in [0.25, 0.3) is 0 Å². The van der Waals surface area contributed by atoms with E-state index in [1.165, 1.54) is 0 Å². The molecule has 2 unspecified atom stereocenters. The van der Waals surface area contributed by atoms with Gasteiger partial charge in [0.15, 0.2) is 0 Å². The molecule has 192 valence electrons. The number of ether oxygens (including phenoxy) is 2. The number of aromatic nitrogens is 1. The maximum absolute atomic E-state index is 12.4. The van der Waals surface area contributed by atoms with E-state index in [0.29, 0.717) is 29.8 Å². The van der Waals surface area contributed by atoms with Crippen LogP contribution < -0.4 is 20.5 Å². The Hall–Kier alpha value is -3.91. The van der Waals surface area contributed by atoms with Gasteiger partial charge >= 0.3 is 0 Å². The van der Waals surface area contributed by atoms with Gasteiger partial charge in [0.1, 0.15) is 11.5 Å². The SMILES string of the molecule is CCOc1ccc(C=NNC(=O)c2ccc(OC)cc2)cc1CN1CC2CC(C1)c1cccc(=O)n1C2. The largest absolute Gasteiger partial charge is 0.497 e. The first-order chi connectivity index (χ1) is 18.0. The van der Waals surface area contributed by atoms with Gasteiger partial charge in [-0.25, -0.2) is 5.43 Å². The number of hydrogen-bond donors (Lipinski definition) is 1. The summed E-state index contributed by atoms with van der Waals surface area (Å²) in [6.07, 6.45) is 2.77. The number of hydrazone groups is 1. The van der Waals surface area contributed by atoms with E-state index in [1.54, 1.807) is 43.7 Å². The van der Waals surface area contributed by atoms with Crippen LogP contribution in [-0.2, 0) is 13.1 Å². The van der Waals surface area contributed by atoms with Crippen molar-refractivity contribution in [2.24, 2.45) is 11.0 Å². The molecule has 0 spiro atoms. The predicted octanol–water partition coefficient (Wildman–Crippen LogP) is 3.64. The van der Waals surface area contributed by atoms with Crippen LogP contribution in [0.4, 0.5) is 0 Å². The predicted molar refractivity (Wildman–Crippen MR) is 142 cm³/mol. The second-order valence-electron chi connectivity index (χ2n) is 9.62. The van der Waals surface area contributed by atoms with E-state index in [0.717, 1.165) is 55.2 Å². The highest BCUT2D eigenvalue weighted by Crippen LogP contribution is 2.36. The Bertz CT molecular complexity index is 1350. The Morgan fingerprint density at radius 2 is 1.95 bits per heavy atom. The highest BCUT2D eigenvalue weighted by Gasteiger charge is 2.34. The van der Waals surface area contributed by atoms with Crippen molar-refractivity contribution in [3.05, 3.63) is 93.4 Å². The fourth-order valence-electron chi connectivity index (χ4n) is 5.44. The molecule has 2 atom stereocenters. The number of hydrogen-bond acceptors (Lipinski definition) is 6. The van der Waals surface area contributed by atoms with Crippen LogP contribution >= 0.6 is 0 Å². The molecule has 0 saturated carbocycles. The molecule has 1 amide bonds. The van der Waals surface area contributed by atoms with Crippen molar-refractivity contribution in [3.63, 3.8) is 0 Å². The first-order valence-corrected chi connectivity index (χ1v) is 12.7. The highest BCUT2D eigenvalue weighted by atomic mass is 16.5. The third kappa shape index (κ3) is 5.59. The van der Waals surface area contributed by atoms with Crippen LogP contribution in [0.2, 0.25) is 0 Å². The maximum atomic E-state index is 12.4. The number of fused-ring (bicyclic) bond motifs is 4. The smallest absolute Gasteiger partial charge is 0.271 e. The third-order valence-electron chi connectivity index (χ3n) is 7.07. The summed E-state index contributed by atoms with van der Waals surface area (Å²) in [5.41, 5.74) is 6.30. The molecule has 8 heteroatoms. The number of nitrogens with zero attached hydrogens (tertiary/aromatic N) is 3. The molecule has 1 fully saturated rings. The molecule has 5 rings (SSSR count). The minimum atomic E-state index is -0.288. The molecule has 0 aliphatic carbocycles. The van der Waals surface area contributed by atoms with Crippen molar-refractivity contribution >= 4 is 12.1 Å². The molecule has 2 aliphatic rings. The van der Waals surface area contributed by atoms with E-state index < -0.39 is 0 Å². The minimum absolute atomic E-state index is 0.102.